The van der Waals surface area contributed by atoms with Crippen molar-refractivity contribution in [2.24, 2.45) is 0 Å². The van der Waals surface area contributed by atoms with E-state index in [1.54, 1.807) is 11.8 Å². The molecule has 2 amide bonds. The lowest BCUT2D eigenvalue weighted by atomic mass is 9.97. The number of amides is 2. The predicted molar refractivity (Wildman–Crippen MR) is 138 cm³/mol. The molecule has 2 aromatic heterocycles. The molecule has 212 valence electrons. The lowest BCUT2D eigenvalue weighted by Crippen LogP contribution is -2.63. The Morgan fingerprint density at radius 1 is 1.07 bits per heavy atom. The Balaban J connectivity index is 1.33. The van der Waals surface area contributed by atoms with Gasteiger partial charge in [0.15, 0.2) is 17.4 Å². The van der Waals surface area contributed by atoms with Gasteiger partial charge in [0.25, 0.3) is 5.91 Å². The molecule has 0 aliphatic carbocycles. The van der Waals surface area contributed by atoms with Crippen LogP contribution >= 0.6 is 0 Å². The van der Waals surface area contributed by atoms with Crippen molar-refractivity contribution >= 4 is 17.6 Å². The summed E-state index contributed by atoms with van der Waals surface area (Å²) in [5, 5.41) is 11.5. The van der Waals surface area contributed by atoms with Crippen molar-refractivity contribution in [3.8, 4) is 17.5 Å². The molecule has 3 aromatic rings. The Bertz CT molecular complexity index is 1340. The third-order valence-corrected chi connectivity index (χ3v) is 6.28. The minimum atomic E-state index is -0.882. The summed E-state index contributed by atoms with van der Waals surface area (Å²) >= 11 is 0. The molecule has 1 atom stereocenters. The van der Waals surface area contributed by atoms with Crippen LogP contribution in [0, 0.1) is 11.6 Å². The van der Waals surface area contributed by atoms with Crippen LogP contribution in [0.1, 0.15) is 31.3 Å². The number of nitrogens with zero attached hydrogens (tertiary/aromatic N) is 6. The summed E-state index contributed by atoms with van der Waals surface area (Å²) < 4.78 is 37.3. The van der Waals surface area contributed by atoms with Crippen LogP contribution < -0.4 is 14.8 Å². The zero-order valence-corrected chi connectivity index (χ0v) is 22.2. The van der Waals surface area contributed by atoms with E-state index in [2.05, 4.69) is 25.3 Å². The van der Waals surface area contributed by atoms with Crippen LogP contribution in [0.5, 0.6) is 17.5 Å². The Kier molecular flexibility index (Phi) is 8.80. The topological polar surface area (TPSA) is 143 Å². The molecule has 4 rings (SSSR count). The second-order valence-electron chi connectivity index (χ2n) is 9.63. The lowest BCUT2D eigenvalue weighted by molar-refractivity contribution is -0.122. The maximum atomic E-state index is 13.8. The number of rotatable bonds is 9. The van der Waals surface area contributed by atoms with Gasteiger partial charge >= 0.3 is 0 Å². The summed E-state index contributed by atoms with van der Waals surface area (Å²) in [5.74, 6) is -2.09. The highest BCUT2D eigenvalue weighted by molar-refractivity contribution is 5.94. The number of aromatic nitrogens is 4. The fourth-order valence-electron chi connectivity index (χ4n) is 4.19. The number of aliphatic hydroxyl groups excluding tert-OH is 1. The van der Waals surface area contributed by atoms with Crippen LogP contribution in [0.25, 0.3) is 0 Å². The zero-order chi connectivity index (χ0) is 28.9. The van der Waals surface area contributed by atoms with Crippen molar-refractivity contribution in [3.63, 3.8) is 0 Å². The van der Waals surface area contributed by atoms with Crippen molar-refractivity contribution in [2.75, 3.05) is 38.2 Å². The van der Waals surface area contributed by atoms with Gasteiger partial charge in [-0.1, -0.05) is 0 Å². The molecule has 1 fully saturated rings. The average molecular weight is 558 g/mol. The fourth-order valence-corrected chi connectivity index (χ4v) is 4.19. The smallest absolute Gasteiger partial charge is 0.274 e. The highest BCUT2D eigenvalue weighted by Crippen LogP contribution is 2.26. The summed E-state index contributed by atoms with van der Waals surface area (Å²) in [7, 11) is 0. The van der Waals surface area contributed by atoms with Gasteiger partial charge in [-0.3, -0.25) is 14.5 Å². The molecule has 0 spiro atoms. The number of hydrogen-bond acceptors (Lipinski definition) is 10. The first-order valence-electron chi connectivity index (χ1n) is 12.4. The molecule has 1 aliphatic heterocycles. The summed E-state index contributed by atoms with van der Waals surface area (Å²) in [4.78, 5) is 46.1. The number of nitrogens with one attached hydrogen (secondary N) is 1. The highest BCUT2D eigenvalue weighted by Gasteiger charge is 2.40. The molecule has 2 N–H and O–H groups in total. The molecule has 1 aliphatic rings. The number of anilines is 1. The average Bonchev–Trinajstić information content (AvgIpc) is 2.93. The first-order valence-corrected chi connectivity index (χ1v) is 12.4. The van der Waals surface area contributed by atoms with E-state index < -0.39 is 23.2 Å². The third kappa shape index (κ3) is 6.82. The maximum Gasteiger partial charge on any atom is 0.274 e. The van der Waals surface area contributed by atoms with Crippen LogP contribution in [-0.2, 0) is 4.79 Å². The molecular weight excluding hydrogens is 528 g/mol. The molecule has 0 radical (unpaired) electrons. The maximum absolute atomic E-state index is 13.8. The zero-order valence-electron chi connectivity index (χ0n) is 22.2. The summed E-state index contributed by atoms with van der Waals surface area (Å²) in [6, 6.07) is 2.33. The second kappa shape index (κ2) is 12.3. The Morgan fingerprint density at radius 2 is 1.82 bits per heavy atom. The Hall–Kier alpha value is -4.30. The SMILES string of the molecule is C[C@@H](C(=O)Nc1cnc(Oc2ccc(F)cc2F)cn1)N1CCN(C(=O)c2cnc(OCCO)cn2)C(C)(C)C1. The molecule has 3 heterocycles. The number of piperazine rings is 1. The van der Waals surface area contributed by atoms with Gasteiger partial charge in [0.1, 0.15) is 18.1 Å². The van der Waals surface area contributed by atoms with Crippen LogP contribution in [0.15, 0.2) is 43.0 Å². The van der Waals surface area contributed by atoms with E-state index in [9.17, 15) is 18.4 Å². The molecule has 0 bridgehead atoms. The quantitative estimate of drug-likeness (QED) is 0.402. The molecule has 14 heteroatoms. The number of aliphatic hydroxyl groups is 1. The van der Waals surface area contributed by atoms with E-state index in [0.29, 0.717) is 25.7 Å². The van der Waals surface area contributed by atoms with Crippen LogP contribution in [0.3, 0.4) is 0 Å². The van der Waals surface area contributed by atoms with Crippen molar-refractivity contribution in [1.82, 2.24) is 29.7 Å². The first-order chi connectivity index (χ1) is 19.1. The number of halogens is 2. The van der Waals surface area contributed by atoms with Gasteiger partial charge in [0.2, 0.25) is 17.7 Å². The summed E-state index contributed by atoms with van der Waals surface area (Å²) in [5.41, 5.74) is -0.455. The minimum absolute atomic E-state index is 0.0314. The molecular formula is C26H29F2N7O5. The minimum Gasteiger partial charge on any atom is -0.474 e. The van der Waals surface area contributed by atoms with Gasteiger partial charge in [0, 0.05) is 25.7 Å². The van der Waals surface area contributed by atoms with E-state index in [1.165, 1.54) is 24.8 Å². The highest BCUT2D eigenvalue weighted by atomic mass is 19.1. The number of ether oxygens (including phenoxy) is 2. The van der Waals surface area contributed by atoms with E-state index in [4.69, 9.17) is 14.6 Å². The second-order valence-corrected chi connectivity index (χ2v) is 9.63. The first kappa shape index (κ1) is 28.7. The number of carbonyl (C=O) groups is 2. The molecule has 12 nitrogen and oxygen atoms in total. The van der Waals surface area contributed by atoms with E-state index in [0.717, 1.165) is 12.1 Å². The van der Waals surface area contributed by atoms with Crippen molar-refractivity contribution in [2.45, 2.75) is 32.4 Å². The third-order valence-electron chi connectivity index (χ3n) is 6.28. The van der Waals surface area contributed by atoms with Gasteiger partial charge in [-0.15, -0.1) is 0 Å². The van der Waals surface area contributed by atoms with Crippen LogP contribution in [-0.4, -0.2) is 91.1 Å². The lowest BCUT2D eigenvalue weighted by Gasteiger charge is -2.48. The van der Waals surface area contributed by atoms with Gasteiger partial charge in [-0.2, -0.15) is 0 Å². The number of carbonyl (C=O) groups excluding carboxylic acids is 2. The monoisotopic (exact) mass is 557 g/mol. The molecule has 0 saturated carbocycles. The van der Waals surface area contributed by atoms with Gasteiger partial charge in [-0.05, 0) is 32.9 Å². The van der Waals surface area contributed by atoms with E-state index >= 15 is 0 Å². The fraction of sp³-hybridized carbons (Fsp3) is 0.385. The van der Waals surface area contributed by atoms with Crippen molar-refractivity contribution in [1.29, 1.82) is 0 Å². The van der Waals surface area contributed by atoms with Crippen molar-refractivity contribution < 1.29 is 33.0 Å². The van der Waals surface area contributed by atoms with Gasteiger partial charge in [-0.25, -0.2) is 28.7 Å². The molecule has 0 unspecified atom stereocenters. The van der Waals surface area contributed by atoms with Crippen LogP contribution in [0.4, 0.5) is 14.6 Å². The molecule has 40 heavy (non-hydrogen) atoms. The van der Waals surface area contributed by atoms with Crippen molar-refractivity contribution in [3.05, 3.63) is 60.3 Å². The van der Waals surface area contributed by atoms with Crippen LogP contribution in [0.2, 0.25) is 0 Å². The van der Waals surface area contributed by atoms with E-state index in [-0.39, 0.29) is 54.0 Å². The molecule has 1 aromatic carbocycles. The van der Waals surface area contributed by atoms with Gasteiger partial charge in [0.05, 0.1) is 43.0 Å². The summed E-state index contributed by atoms with van der Waals surface area (Å²) in [6.45, 7) is 6.70. The number of hydrogen-bond donors (Lipinski definition) is 2. The molecule has 1 saturated heterocycles. The standard InChI is InChI=1S/C26H29F2N7O5/c1-16(24(37)33-21-12-32-23(14-30-21)40-20-5-4-17(27)10-18(20)28)34-6-7-35(26(2,3)15-34)25(38)19-11-31-22(13-29-19)39-9-8-36/h4-5,10-14,16,36H,6-9,15H2,1-3H3,(H,30,33,37)/t16-/m0/s1. The largest absolute Gasteiger partial charge is 0.474 e. The predicted octanol–water partition coefficient (Wildman–Crippen LogP) is 2.27. The van der Waals surface area contributed by atoms with Gasteiger partial charge < -0.3 is 24.8 Å². The number of benzene rings is 1. The van der Waals surface area contributed by atoms with E-state index in [1.807, 2.05) is 18.7 Å². The normalized spacial score (nSPS) is 15.8. The summed E-state index contributed by atoms with van der Waals surface area (Å²) in [6.07, 6.45) is 5.15. The Labute approximate surface area is 229 Å². The Morgan fingerprint density at radius 3 is 2.45 bits per heavy atom.